The molecule has 0 spiro atoms. The molecule has 176 valence electrons. The fourth-order valence-electron chi connectivity index (χ4n) is 3.02. The van der Waals surface area contributed by atoms with Gasteiger partial charge in [0.05, 0.1) is 12.8 Å². The summed E-state index contributed by atoms with van der Waals surface area (Å²) in [6, 6.07) is 16.6. The molecule has 2 amide bonds. The number of carbonyl (C=O) groups excluding carboxylic acids is 2. The SMILES string of the molecule is CCOc1cc(/C=N\NC(=O)C(=O)Nc2cccc(C)c2C)ccc1OCc1ccc(F)cc1. The van der Waals surface area contributed by atoms with Gasteiger partial charge in [-0.2, -0.15) is 5.10 Å². The number of ether oxygens (including phenoxy) is 2. The Morgan fingerprint density at radius 3 is 2.47 bits per heavy atom. The van der Waals surface area contributed by atoms with Crippen LogP contribution in [-0.4, -0.2) is 24.6 Å². The van der Waals surface area contributed by atoms with Crippen molar-refractivity contribution in [3.05, 3.63) is 88.7 Å². The highest BCUT2D eigenvalue weighted by Crippen LogP contribution is 2.29. The highest BCUT2D eigenvalue weighted by molar-refractivity contribution is 6.39. The van der Waals surface area contributed by atoms with Crippen LogP contribution < -0.4 is 20.2 Å². The van der Waals surface area contributed by atoms with Gasteiger partial charge in [0.25, 0.3) is 0 Å². The molecular formula is C26H26FN3O4. The van der Waals surface area contributed by atoms with Gasteiger partial charge < -0.3 is 14.8 Å². The Hall–Kier alpha value is -4.20. The fraction of sp³-hybridized carbons (Fsp3) is 0.192. The molecule has 0 aliphatic carbocycles. The molecule has 0 saturated carbocycles. The van der Waals surface area contributed by atoms with E-state index in [2.05, 4.69) is 15.8 Å². The number of hydrogen-bond acceptors (Lipinski definition) is 5. The predicted octanol–water partition coefficient (Wildman–Crippen LogP) is 4.51. The van der Waals surface area contributed by atoms with Crippen LogP contribution >= 0.6 is 0 Å². The second-order valence-corrected chi connectivity index (χ2v) is 7.46. The van der Waals surface area contributed by atoms with Gasteiger partial charge in [-0.25, -0.2) is 9.82 Å². The summed E-state index contributed by atoms with van der Waals surface area (Å²) >= 11 is 0. The van der Waals surface area contributed by atoms with Crippen molar-refractivity contribution < 1.29 is 23.5 Å². The quantitative estimate of drug-likeness (QED) is 0.292. The molecule has 2 N–H and O–H groups in total. The topological polar surface area (TPSA) is 89.0 Å². The number of nitrogens with zero attached hydrogens (tertiary/aromatic N) is 1. The first kappa shape index (κ1) is 24.4. The number of carbonyl (C=O) groups is 2. The Bertz CT molecular complexity index is 1190. The number of halogens is 1. The summed E-state index contributed by atoms with van der Waals surface area (Å²) in [5, 5.41) is 6.44. The summed E-state index contributed by atoms with van der Waals surface area (Å²) in [6.07, 6.45) is 1.40. The van der Waals surface area contributed by atoms with E-state index in [-0.39, 0.29) is 12.4 Å². The lowest BCUT2D eigenvalue weighted by molar-refractivity contribution is -0.136. The molecule has 0 unspecified atom stereocenters. The summed E-state index contributed by atoms with van der Waals surface area (Å²) in [5.74, 6) is -1.00. The van der Waals surface area contributed by atoms with Crippen molar-refractivity contribution in [3.8, 4) is 11.5 Å². The van der Waals surface area contributed by atoms with Crippen molar-refractivity contribution in [1.29, 1.82) is 0 Å². The molecule has 3 aromatic rings. The van der Waals surface area contributed by atoms with Crippen LogP contribution in [-0.2, 0) is 16.2 Å². The Morgan fingerprint density at radius 2 is 1.74 bits per heavy atom. The third-order valence-electron chi connectivity index (χ3n) is 5.01. The van der Waals surface area contributed by atoms with E-state index < -0.39 is 11.8 Å². The molecular weight excluding hydrogens is 437 g/mol. The third kappa shape index (κ3) is 6.65. The van der Waals surface area contributed by atoms with Gasteiger partial charge in [-0.05, 0) is 79.4 Å². The molecule has 0 radical (unpaired) electrons. The van der Waals surface area contributed by atoms with Crippen molar-refractivity contribution in [2.45, 2.75) is 27.4 Å². The first-order chi connectivity index (χ1) is 16.4. The van der Waals surface area contributed by atoms with Crippen molar-refractivity contribution in [2.75, 3.05) is 11.9 Å². The highest BCUT2D eigenvalue weighted by Gasteiger charge is 2.14. The standard InChI is InChI=1S/C26H26FN3O4/c1-4-33-24-14-20(10-13-23(24)34-16-19-8-11-21(27)12-9-19)15-28-30-26(32)25(31)29-22-7-5-6-17(2)18(22)3/h5-15H,4,16H2,1-3H3,(H,29,31)(H,30,32)/b28-15-. The van der Waals surface area contributed by atoms with Gasteiger partial charge in [0.1, 0.15) is 12.4 Å². The molecule has 8 heteroatoms. The number of benzene rings is 3. The van der Waals surface area contributed by atoms with Crippen LogP contribution in [0.4, 0.5) is 10.1 Å². The summed E-state index contributed by atoms with van der Waals surface area (Å²) < 4.78 is 24.5. The molecule has 3 rings (SSSR count). The number of hydrogen-bond donors (Lipinski definition) is 2. The van der Waals surface area contributed by atoms with E-state index in [1.165, 1.54) is 18.3 Å². The molecule has 0 aromatic heterocycles. The zero-order chi connectivity index (χ0) is 24.5. The van der Waals surface area contributed by atoms with Gasteiger partial charge >= 0.3 is 11.8 Å². The van der Waals surface area contributed by atoms with Crippen LogP contribution in [0, 0.1) is 19.7 Å². The number of amides is 2. The van der Waals surface area contributed by atoms with Crippen LogP contribution in [0.5, 0.6) is 11.5 Å². The molecule has 0 aliphatic rings. The summed E-state index contributed by atoms with van der Waals surface area (Å²) in [5.41, 5.74) is 6.13. The minimum Gasteiger partial charge on any atom is -0.490 e. The molecule has 0 saturated heterocycles. The maximum atomic E-state index is 13.1. The van der Waals surface area contributed by atoms with Crippen LogP contribution in [0.15, 0.2) is 65.8 Å². The van der Waals surface area contributed by atoms with E-state index in [9.17, 15) is 14.0 Å². The molecule has 0 bridgehead atoms. The zero-order valence-electron chi connectivity index (χ0n) is 19.2. The summed E-state index contributed by atoms with van der Waals surface area (Å²) in [7, 11) is 0. The summed E-state index contributed by atoms with van der Waals surface area (Å²) in [6.45, 7) is 6.30. The van der Waals surface area contributed by atoms with E-state index in [1.807, 2.05) is 26.8 Å². The van der Waals surface area contributed by atoms with E-state index in [0.717, 1.165) is 16.7 Å². The number of nitrogens with one attached hydrogen (secondary N) is 2. The Morgan fingerprint density at radius 1 is 0.971 bits per heavy atom. The largest absolute Gasteiger partial charge is 0.490 e. The lowest BCUT2D eigenvalue weighted by atomic mass is 10.1. The van der Waals surface area contributed by atoms with Crippen molar-refractivity contribution in [3.63, 3.8) is 0 Å². The second kappa shape index (κ2) is 11.6. The van der Waals surface area contributed by atoms with Crippen molar-refractivity contribution in [1.82, 2.24) is 5.43 Å². The molecule has 0 fully saturated rings. The second-order valence-electron chi connectivity index (χ2n) is 7.46. The molecule has 0 aliphatic heterocycles. The Labute approximate surface area is 197 Å². The van der Waals surface area contributed by atoms with Crippen molar-refractivity contribution >= 4 is 23.7 Å². The first-order valence-electron chi connectivity index (χ1n) is 10.7. The van der Waals surface area contributed by atoms with Crippen molar-refractivity contribution in [2.24, 2.45) is 5.10 Å². The minimum atomic E-state index is -0.888. The fourth-order valence-corrected chi connectivity index (χ4v) is 3.02. The maximum absolute atomic E-state index is 13.1. The average Bonchev–Trinajstić information content (AvgIpc) is 2.82. The smallest absolute Gasteiger partial charge is 0.329 e. The van der Waals surface area contributed by atoms with Gasteiger partial charge in [-0.1, -0.05) is 24.3 Å². The highest BCUT2D eigenvalue weighted by atomic mass is 19.1. The minimum absolute atomic E-state index is 0.249. The van der Waals surface area contributed by atoms with E-state index in [0.29, 0.717) is 29.4 Å². The maximum Gasteiger partial charge on any atom is 0.329 e. The Kier molecular flexibility index (Phi) is 8.34. The lowest BCUT2D eigenvalue weighted by Gasteiger charge is -2.12. The summed E-state index contributed by atoms with van der Waals surface area (Å²) in [4.78, 5) is 24.2. The molecule has 0 heterocycles. The molecule has 34 heavy (non-hydrogen) atoms. The van der Waals surface area contributed by atoms with E-state index >= 15 is 0 Å². The number of aryl methyl sites for hydroxylation is 1. The van der Waals surface area contributed by atoms with E-state index in [4.69, 9.17) is 9.47 Å². The monoisotopic (exact) mass is 463 g/mol. The lowest BCUT2D eigenvalue weighted by Crippen LogP contribution is -2.32. The predicted molar refractivity (Wildman–Crippen MR) is 129 cm³/mol. The number of anilines is 1. The normalized spacial score (nSPS) is 10.7. The molecule has 0 atom stereocenters. The number of hydrazone groups is 1. The first-order valence-corrected chi connectivity index (χ1v) is 10.7. The van der Waals surface area contributed by atoms with Gasteiger partial charge in [0, 0.05) is 5.69 Å². The molecule has 3 aromatic carbocycles. The van der Waals surface area contributed by atoms with Crippen LogP contribution in [0.25, 0.3) is 0 Å². The average molecular weight is 464 g/mol. The molecule has 7 nitrogen and oxygen atoms in total. The Balaban J connectivity index is 1.60. The van der Waals surface area contributed by atoms with Gasteiger partial charge in [0.2, 0.25) is 0 Å². The van der Waals surface area contributed by atoms with Crippen LogP contribution in [0.1, 0.15) is 29.2 Å². The van der Waals surface area contributed by atoms with E-state index in [1.54, 1.807) is 42.5 Å². The third-order valence-corrected chi connectivity index (χ3v) is 5.01. The van der Waals surface area contributed by atoms with Crippen LogP contribution in [0.2, 0.25) is 0 Å². The number of rotatable bonds is 8. The van der Waals surface area contributed by atoms with Gasteiger partial charge in [0.15, 0.2) is 11.5 Å². The van der Waals surface area contributed by atoms with Gasteiger partial charge in [-0.15, -0.1) is 0 Å². The van der Waals surface area contributed by atoms with Gasteiger partial charge in [-0.3, -0.25) is 9.59 Å². The zero-order valence-corrected chi connectivity index (χ0v) is 19.2. The van der Waals surface area contributed by atoms with Crippen LogP contribution in [0.3, 0.4) is 0 Å².